The Morgan fingerprint density at radius 2 is 1.29 bits per heavy atom. The number of rotatable bonds is 32. The highest BCUT2D eigenvalue weighted by Gasteiger charge is 2.41. The maximum atomic E-state index is 14.9. The topological polar surface area (TPSA) is 555 Å². The molecule has 2 aromatic rings. The normalized spacial score (nSPS) is 20.5. The average Bonchev–Trinajstić information content (AvgIpc) is 1.76. The highest BCUT2D eigenvalue weighted by molar-refractivity contribution is 6.08. The number of hydrogen-bond acceptors (Lipinski definition) is 17. The van der Waals surface area contributed by atoms with Gasteiger partial charge < -0.3 is 103 Å². The SMILES string of the molecule is CC[C@H](C)[C@H](NC(=O)[C@@H]1CCCCNC(=O)[C@@H](NC(=O)CNC(=O)[C@@H](N)Cc2ccc(O)cc2)C(=O)N[C@@H](Cc2ccccc2)C(=O)N[C@@H](CC(C)C)C(=O)N[C@@H](CCCN=C(N)N)C(=O)N1)C(=O)N[C@@H](CCCN=C(N)N)C(=O)N1CCC[C@H]1C(=O)N[C@@H](CCCCN)C(N)=O. The van der Waals surface area contributed by atoms with Crippen LogP contribution in [0.4, 0.5) is 0 Å². The van der Waals surface area contributed by atoms with Gasteiger partial charge in [-0.1, -0.05) is 76.6 Å². The van der Waals surface area contributed by atoms with Gasteiger partial charge in [0.2, 0.25) is 59.1 Å². The minimum absolute atomic E-state index is 0.000948. The van der Waals surface area contributed by atoms with Gasteiger partial charge >= 0.3 is 0 Å². The summed E-state index contributed by atoms with van der Waals surface area (Å²) in [6, 6.07) is 0.716. The minimum Gasteiger partial charge on any atom is -0.508 e. The fraction of sp³-hybridized carbons (Fsp3) is 0.594. The van der Waals surface area contributed by atoms with E-state index in [1.54, 1.807) is 70.2 Å². The van der Waals surface area contributed by atoms with Crippen molar-refractivity contribution in [2.75, 3.05) is 39.3 Å². The standard InChI is InChI=1S/C64H102N20O13/c1-5-37(4)50(60(95)79-45(21-14-30-74-64(70)71)62(97)84-31-15-22-48(84)58(93)76-42(52(67)87)18-9-11-27-65)83-55(90)43-19-10-12-28-72-59(94)51(82-49(86)35-75-53(88)41(66)33-39-23-25-40(85)26-24-39)61(96)81-47(34-38-16-7-6-8-17-38)57(92)80-46(32-36(2)3)56(91)78-44(54(89)77-43)20-13-29-73-63(68)69/h6-8,16-17,23-26,36-37,41-48,50-51,85H,5,9-15,18-22,27-35,65-66H2,1-4H3,(H2,67,87)(H,72,94)(H,75,88)(H,76,93)(H,77,89)(H,78,91)(H,79,95)(H,80,92)(H,81,96)(H,82,86)(H,83,90)(H4,68,69,73)(H4,70,71,74)/t37-,41-,42-,43-,44-,45-,46-,47-,48-,50-,51+/m0/s1. The van der Waals surface area contributed by atoms with Gasteiger partial charge in [-0.05, 0) is 132 Å². The number of unbranched alkanes of at least 4 members (excludes halogenated alkanes) is 1. The molecular weight excluding hydrogens is 1260 g/mol. The predicted molar refractivity (Wildman–Crippen MR) is 361 cm³/mol. The number of primary amides is 1. The predicted octanol–water partition coefficient (Wildman–Crippen LogP) is -4.40. The number of guanidine groups is 2. The van der Waals surface area contributed by atoms with E-state index in [0.717, 1.165) is 0 Å². The number of carbonyl (C=O) groups is 12. The number of carbonyl (C=O) groups excluding carboxylic acids is 12. The molecule has 2 heterocycles. The Kier molecular flexibility index (Phi) is 34.0. The van der Waals surface area contributed by atoms with E-state index < -0.39 is 144 Å². The van der Waals surface area contributed by atoms with Crippen molar-refractivity contribution >= 4 is 82.8 Å². The van der Waals surface area contributed by atoms with E-state index in [4.69, 9.17) is 40.1 Å². The monoisotopic (exact) mass is 1360 g/mol. The molecule has 536 valence electrons. The summed E-state index contributed by atoms with van der Waals surface area (Å²) in [4.78, 5) is 179. The Morgan fingerprint density at radius 3 is 1.93 bits per heavy atom. The fourth-order valence-electron chi connectivity index (χ4n) is 10.9. The van der Waals surface area contributed by atoms with Crippen LogP contribution in [-0.4, -0.2) is 192 Å². The lowest BCUT2D eigenvalue weighted by Crippen LogP contribution is -2.62. The number of phenols is 1. The van der Waals surface area contributed by atoms with E-state index in [0.29, 0.717) is 43.4 Å². The van der Waals surface area contributed by atoms with Gasteiger partial charge in [0.05, 0.1) is 12.6 Å². The van der Waals surface area contributed by atoms with Crippen LogP contribution in [0.5, 0.6) is 5.75 Å². The molecule has 2 aliphatic rings. The number of aromatic hydroxyl groups is 1. The van der Waals surface area contributed by atoms with Crippen molar-refractivity contribution < 1.29 is 62.6 Å². The number of nitrogens with one attached hydrogen (secondary N) is 10. The van der Waals surface area contributed by atoms with Crippen LogP contribution in [-0.2, 0) is 70.4 Å². The van der Waals surface area contributed by atoms with Crippen LogP contribution in [0.1, 0.15) is 129 Å². The number of nitrogens with zero attached hydrogens (tertiary/aromatic N) is 3. The Labute approximate surface area is 565 Å². The quantitative estimate of drug-likeness (QED) is 0.0142. The molecule has 2 saturated heterocycles. The molecule has 97 heavy (non-hydrogen) atoms. The second kappa shape index (κ2) is 41.3. The lowest BCUT2D eigenvalue weighted by molar-refractivity contribution is -0.142. The Balaban J connectivity index is 1.72. The molecule has 0 unspecified atom stereocenters. The summed E-state index contributed by atoms with van der Waals surface area (Å²) >= 11 is 0. The summed E-state index contributed by atoms with van der Waals surface area (Å²) in [5.41, 5.74) is 41.0. The van der Waals surface area contributed by atoms with Gasteiger partial charge in [0.15, 0.2) is 18.0 Å². The number of amides is 12. The largest absolute Gasteiger partial charge is 0.508 e. The van der Waals surface area contributed by atoms with Crippen LogP contribution in [0.2, 0.25) is 0 Å². The van der Waals surface area contributed by atoms with Crippen molar-refractivity contribution in [1.82, 2.24) is 58.1 Å². The number of benzene rings is 2. The summed E-state index contributed by atoms with van der Waals surface area (Å²) in [7, 11) is 0. The molecule has 2 aromatic carbocycles. The van der Waals surface area contributed by atoms with Gasteiger partial charge in [0.25, 0.3) is 11.8 Å². The van der Waals surface area contributed by atoms with E-state index in [-0.39, 0.29) is 127 Å². The summed E-state index contributed by atoms with van der Waals surface area (Å²) < 4.78 is 0. The first-order valence-electron chi connectivity index (χ1n) is 33.1. The second-order valence-electron chi connectivity index (χ2n) is 24.8. The Morgan fingerprint density at radius 1 is 0.660 bits per heavy atom. The molecule has 12 amide bonds. The number of nitrogens with two attached hydrogens (primary N) is 7. The molecule has 0 aromatic heterocycles. The molecule has 0 aliphatic carbocycles. The van der Waals surface area contributed by atoms with Crippen molar-refractivity contribution in [3.63, 3.8) is 0 Å². The molecule has 0 spiro atoms. The summed E-state index contributed by atoms with van der Waals surface area (Å²) in [6.45, 7) is 6.59. The van der Waals surface area contributed by atoms with Gasteiger partial charge in [-0.3, -0.25) is 67.5 Å². The van der Waals surface area contributed by atoms with Crippen molar-refractivity contribution in [2.24, 2.45) is 62.0 Å². The molecule has 0 bridgehead atoms. The highest BCUT2D eigenvalue weighted by atomic mass is 16.3. The molecule has 33 heteroatoms. The number of likely N-dealkylation sites (tertiary alicyclic amines) is 1. The van der Waals surface area contributed by atoms with Gasteiger partial charge in [-0.2, -0.15) is 0 Å². The van der Waals surface area contributed by atoms with Crippen LogP contribution in [0.3, 0.4) is 0 Å². The maximum absolute atomic E-state index is 14.9. The summed E-state index contributed by atoms with van der Waals surface area (Å²) in [5.74, 6) is -11.6. The van der Waals surface area contributed by atoms with Crippen molar-refractivity contribution in [3.05, 3.63) is 65.7 Å². The van der Waals surface area contributed by atoms with Crippen molar-refractivity contribution in [3.8, 4) is 5.75 Å². The van der Waals surface area contributed by atoms with Crippen molar-refractivity contribution in [1.29, 1.82) is 0 Å². The van der Waals surface area contributed by atoms with Crippen molar-refractivity contribution in [2.45, 2.75) is 191 Å². The molecule has 4 rings (SSSR count). The van der Waals surface area contributed by atoms with E-state index in [2.05, 4.69) is 63.2 Å². The molecule has 0 saturated carbocycles. The number of phenolic OH excluding ortho intramolecular Hbond substituents is 1. The van der Waals surface area contributed by atoms with Gasteiger partial charge in [-0.25, -0.2) is 0 Å². The average molecular weight is 1360 g/mol. The van der Waals surface area contributed by atoms with Crippen LogP contribution >= 0.6 is 0 Å². The fourth-order valence-corrected chi connectivity index (χ4v) is 10.9. The Bertz CT molecular complexity index is 3040. The lowest BCUT2D eigenvalue weighted by atomic mass is 9.96. The molecule has 25 N–H and O–H groups in total. The van der Waals surface area contributed by atoms with E-state index >= 15 is 0 Å². The molecule has 2 aliphatic heterocycles. The first kappa shape index (κ1) is 79.8. The Hall–Kier alpha value is -9.66. The first-order valence-corrected chi connectivity index (χ1v) is 33.1. The van der Waals surface area contributed by atoms with E-state index in [1.165, 1.54) is 17.0 Å². The number of aliphatic imine (C=N–C) groups is 2. The van der Waals surface area contributed by atoms with E-state index in [1.807, 2.05) is 0 Å². The first-order chi connectivity index (χ1) is 46.1. The van der Waals surface area contributed by atoms with Crippen LogP contribution in [0.15, 0.2) is 64.6 Å². The van der Waals surface area contributed by atoms with Crippen LogP contribution in [0, 0.1) is 11.8 Å². The molecule has 33 nitrogen and oxygen atoms in total. The van der Waals surface area contributed by atoms with Crippen LogP contribution < -0.4 is 93.3 Å². The smallest absolute Gasteiger partial charge is 0.253 e. The summed E-state index contributed by atoms with van der Waals surface area (Å²) in [5, 5.41) is 36.1. The maximum Gasteiger partial charge on any atom is 0.253 e. The highest BCUT2D eigenvalue weighted by Crippen LogP contribution is 2.22. The summed E-state index contributed by atoms with van der Waals surface area (Å²) in [6.07, 6.45) is 2.17. The van der Waals surface area contributed by atoms with Gasteiger partial charge in [0.1, 0.15) is 54.1 Å². The van der Waals surface area contributed by atoms with Crippen LogP contribution in [0.25, 0.3) is 0 Å². The zero-order valence-electron chi connectivity index (χ0n) is 55.9. The minimum atomic E-state index is -2.04. The zero-order valence-corrected chi connectivity index (χ0v) is 55.9. The molecule has 2 fully saturated rings. The zero-order chi connectivity index (χ0) is 71.7. The third kappa shape index (κ3) is 27.9. The molecular formula is C64H102N20O13. The lowest BCUT2D eigenvalue weighted by Gasteiger charge is -2.32. The van der Waals surface area contributed by atoms with E-state index in [9.17, 15) is 62.6 Å². The van der Waals surface area contributed by atoms with Gasteiger partial charge in [0, 0.05) is 32.6 Å². The third-order valence-corrected chi connectivity index (χ3v) is 16.5. The second-order valence-corrected chi connectivity index (χ2v) is 24.8. The number of hydrogen-bond donors (Lipinski definition) is 18. The molecule has 0 radical (unpaired) electrons. The third-order valence-electron chi connectivity index (χ3n) is 16.5. The van der Waals surface area contributed by atoms with Gasteiger partial charge in [-0.15, -0.1) is 0 Å². The molecule has 11 atom stereocenters.